The Kier molecular flexibility index (Phi) is 8.89. The smallest absolute Gasteiger partial charge is 0.262 e. The van der Waals surface area contributed by atoms with Crippen molar-refractivity contribution >= 4 is 22.3 Å². The Morgan fingerprint density at radius 1 is 0.795 bits per heavy atom. The minimum absolute atomic E-state index is 0.00663. The summed E-state index contributed by atoms with van der Waals surface area (Å²) in [6.45, 7) is 1.92. The summed E-state index contributed by atoms with van der Waals surface area (Å²) < 4.78 is 15.2. The van der Waals surface area contributed by atoms with Crippen molar-refractivity contribution in [2.75, 3.05) is 11.9 Å². The van der Waals surface area contributed by atoms with Crippen molar-refractivity contribution in [2.24, 2.45) is 17.6 Å². The predicted octanol–water partition coefficient (Wildman–Crippen LogP) is 8.49. The zero-order valence-corrected chi connectivity index (χ0v) is 25.6. The maximum absolute atomic E-state index is 13.8. The topological polar surface area (TPSA) is 64.2 Å². The monoisotopic (exact) mass is 588 g/mol. The van der Waals surface area contributed by atoms with Gasteiger partial charge in [0.15, 0.2) is 0 Å². The molecule has 226 valence electrons. The van der Waals surface area contributed by atoms with Gasteiger partial charge < -0.3 is 10.6 Å². The molecule has 5 aromatic rings. The van der Waals surface area contributed by atoms with Gasteiger partial charge in [-0.2, -0.15) is 0 Å². The van der Waals surface area contributed by atoms with Crippen LogP contribution in [-0.2, 0) is 0 Å². The number of nitrogens with two attached hydrogens (primary N) is 1. The van der Waals surface area contributed by atoms with Gasteiger partial charge in [-0.3, -0.25) is 9.36 Å². The Hall–Kier alpha value is -4.29. The quantitative estimate of drug-likeness (QED) is 0.207. The molecule has 4 aromatic carbocycles. The highest BCUT2D eigenvalue weighted by Gasteiger charge is 2.32. The summed E-state index contributed by atoms with van der Waals surface area (Å²) >= 11 is 0. The van der Waals surface area contributed by atoms with E-state index in [1.165, 1.54) is 43.4 Å². The van der Waals surface area contributed by atoms with Gasteiger partial charge in [0.05, 0.1) is 16.9 Å². The molecular weight excluding hydrogens is 547 g/mol. The summed E-state index contributed by atoms with van der Waals surface area (Å²) in [5, 5.41) is 0.599. The van der Waals surface area contributed by atoms with Gasteiger partial charge in [-0.05, 0) is 98.0 Å². The van der Waals surface area contributed by atoms with E-state index >= 15 is 0 Å². The van der Waals surface area contributed by atoms with Crippen LogP contribution in [0.4, 0.5) is 15.8 Å². The lowest BCUT2D eigenvalue weighted by molar-refractivity contribution is 0.231. The van der Waals surface area contributed by atoms with Gasteiger partial charge in [0.25, 0.3) is 5.56 Å². The average molecular weight is 589 g/mol. The van der Waals surface area contributed by atoms with E-state index in [9.17, 15) is 9.18 Å². The molecule has 2 fully saturated rings. The number of aryl methyl sites for hydroxylation is 1. The molecule has 0 aliphatic heterocycles. The number of hydrogen-bond acceptors (Lipinski definition) is 4. The van der Waals surface area contributed by atoms with Crippen LogP contribution in [-0.4, -0.2) is 16.6 Å². The maximum atomic E-state index is 13.8. The van der Waals surface area contributed by atoms with Gasteiger partial charge in [0.1, 0.15) is 11.6 Å². The highest BCUT2D eigenvalue weighted by atomic mass is 19.1. The van der Waals surface area contributed by atoms with Crippen LogP contribution >= 0.6 is 0 Å². The molecule has 2 atom stereocenters. The molecule has 1 heterocycles. The summed E-state index contributed by atoms with van der Waals surface area (Å²) in [6, 6.07) is 33.1. The molecule has 2 saturated carbocycles. The number of hydrogen-bond donors (Lipinski definition) is 1. The normalized spacial score (nSPS) is 16.3. The third kappa shape index (κ3) is 6.18. The molecule has 2 aliphatic carbocycles. The first-order chi connectivity index (χ1) is 21.4. The van der Waals surface area contributed by atoms with Crippen molar-refractivity contribution in [3.05, 3.63) is 136 Å². The number of fused-ring (bicyclic) bond motifs is 1. The van der Waals surface area contributed by atoms with Crippen molar-refractivity contribution in [2.45, 2.75) is 57.5 Å². The molecule has 6 heteroatoms. The molecule has 2 N–H and O–H groups in total. The number of halogens is 1. The number of aromatic nitrogens is 2. The minimum atomic E-state index is -0.272. The Labute approximate surface area is 259 Å². The van der Waals surface area contributed by atoms with E-state index in [-0.39, 0.29) is 23.5 Å². The summed E-state index contributed by atoms with van der Waals surface area (Å²) in [7, 11) is 1.91. The summed E-state index contributed by atoms with van der Waals surface area (Å²) in [5.41, 5.74) is 10.9. The van der Waals surface area contributed by atoms with E-state index in [4.69, 9.17) is 10.7 Å². The molecule has 2 unspecified atom stereocenters. The van der Waals surface area contributed by atoms with Gasteiger partial charge in [0, 0.05) is 24.5 Å². The molecule has 5 nitrogen and oxygen atoms in total. The average Bonchev–Trinajstić information content (AvgIpc) is 3.00. The van der Waals surface area contributed by atoms with E-state index in [1.54, 1.807) is 12.1 Å². The molecule has 44 heavy (non-hydrogen) atoms. The van der Waals surface area contributed by atoms with E-state index < -0.39 is 0 Å². The predicted molar refractivity (Wildman–Crippen MR) is 178 cm³/mol. The van der Waals surface area contributed by atoms with E-state index in [2.05, 4.69) is 36.4 Å². The molecular formula is C38H41FN4O. The van der Waals surface area contributed by atoms with Crippen molar-refractivity contribution in [3.63, 3.8) is 0 Å². The number of rotatable bonds is 7. The fraction of sp³-hybridized carbons (Fsp3) is 0.316. The number of anilines is 2. The molecule has 1 aromatic heterocycles. The summed E-state index contributed by atoms with van der Waals surface area (Å²) in [5.74, 6) is 1.65. The van der Waals surface area contributed by atoms with Gasteiger partial charge >= 0.3 is 0 Å². The maximum Gasteiger partial charge on any atom is 0.262 e. The van der Waals surface area contributed by atoms with Crippen molar-refractivity contribution < 1.29 is 4.39 Å². The first-order valence-electron chi connectivity index (χ1n) is 15.8. The van der Waals surface area contributed by atoms with Crippen molar-refractivity contribution in [3.8, 4) is 0 Å². The lowest BCUT2D eigenvalue weighted by Crippen LogP contribution is -2.35. The van der Waals surface area contributed by atoms with Crippen LogP contribution in [0.25, 0.3) is 10.9 Å². The Morgan fingerprint density at radius 3 is 1.93 bits per heavy atom. The van der Waals surface area contributed by atoms with Crippen LogP contribution < -0.4 is 16.2 Å². The molecule has 2 aliphatic rings. The third-order valence-corrected chi connectivity index (χ3v) is 9.52. The van der Waals surface area contributed by atoms with Crippen molar-refractivity contribution in [1.29, 1.82) is 0 Å². The zero-order chi connectivity index (χ0) is 30.6. The van der Waals surface area contributed by atoms with Gasteiger partial charge in [-0.25, -0.2) is 9.37 Å². The van der Waals surface area contributed by atoms with Crippen LogP contribution in [0.3, 0.4) is 0 Å². The third-order valence-electron chi connectivity index (χ3n) is 9.52. The van der Waals surface area contributed by atoms with Crippen LogP contribution in [0.2, 0.25) is 0 Å². The first kappa shape index (κ1) is 29.8. The highest BCUT2D eigenvalue weighted by molar-refractivity contribution is 5.83. The highest BCUT2D eigenvalue weighted by Crippen LogP contribution is 2.40. The molecule has 7 rings (SSSR count). The lowest BCUT2D eigenvalue weighted by Gasteiger charge is -2.36. The number of nitrogens with zero attached hydrogens (tertiary/aromatic N) is 3. The second kappa shape index (κ2) is 13.1. The second-order valence-electron chi connectivity index (χ2n) is 12.2. The first-order valence-corrected chi connectivity index (χ1v) is 15.8. The lowest BCUT2D eigenvalue weighted by atomic mass is 9.77. The molecule has 0 saturated heterocycles. The Balaban J connectivity index is 0.000000238. The van der Waals surface area contributed by atoms with Gasteiger partial charge in [0.2, 0.25) is 0 Å². The van der Waals surface area contributed by atoms with Gasteiger partial charge in [-0.1, -0.05) is 73.5 Å². The van der Waals surface area contributed by atoms with Crippen LogP contribution in [0.1, 0.15) is 67.6 Å². The summed E-state index contributed by atoms with van der Waals surface area (Å²) in [6.07, 6.45) is 7.44. The van der Waals surface area contributed by atoms with E-state index in [0.29, 0.717) is 16.8 Å². The second-order valence-corrected chi connectivity index (χ2v) is 12.2. The minimum Gasteiger partial charge on any atom is -0.345 e. The fourth-order valence-corrected chi connectivity index (χ4v) is 6.43. The van der Waals surface area contributed by atoms with Gasteiger partial charge in [-0.15, -0.1) is 0 Å². The van der Waals surface area contributed by atoms with E-state index in [0.717, 1.165) is 41.5 Å². The number of benzene rings is 4. The van der Waals surface area contributed by atoms with Crippen LogP contribution in [0, 0.1) is 24.6 Å². The van der Waals surface area contributed by atoms with E-state index in [1.807, 2.05) is 65.9 Å². The standard InChI is InChI=1S/C27H26FN3O.C11H15N/c1-18-29-25-16-15-23(30(2)22-13-11-21(28)12-14-22)17-24(25)27(32)31(18)26(20-9-6-10-20)19-7-4-3-5-8-19;12-11(10-7-4-8-10)9-5-2-1-3-6-9/h3-5,7-8,11-17,20,26H,6,9-10H2,1-2H3;1-3,5-6,10-11H,4,7-8,12H2. The summed E-state index contributed by atoms with van der Waals surface area (Å²) in [4.78, 5) is 20.6. The molecule has 0 spiro atoms. The Morgan fingerprint density at radius 2 is 1.36 bits per heavy atom. The molecule has 0 amide bonds. The van der Waals surface area contributed by atoms with Crippen molar-refractivity contribution in [1.82, 2.24) is 9.55 Å². The van der Waals surface area contributed by atoms with Crippen LogP contribution in [0.5, 0.6) is 0 Å². The zero-order valence-electron chi connectivity index (χ0n) is 25.6. The Bertz CT molecular complexity index is 1750. The molecule has 0 bridgehead atoms. The largest absolute Gasteiger partial charge is 0.345 e. The molecule has 0 radical (unpaired) electrons. The van der Waals surface area contributed by atoms with Crippen LogP contribution in [0.15, 0.2) is 108 Å². The SMILES string of the molecule is Cc1nc2ccc(N(C)c3ccc(F)cc3)cc2c(=O)n1C(c1ccccc1)C1CCC1.NC(c1ccccc1)C1CCC1. The fourth-order valence-electron chi connectivity index (χ4n) is 6.43.